The summed E-state index contributed by atoms with van der Waals surface area (Å²) in [6, 6.07) is 43.8. The van der Waals surface area contributed by atoms with Crippen LogP contribution in [-0.4, -0.2) is 23.9 Å². The number of halogens is 3. The fourth-order valence-electron chi connectivity index (χ4n) is 3.82. The van der Waals surface area contributed by atoms with Crippen molar-refractivity contribution in [2.75, 3.05) is 14.2 Å². The maximum atomic E-state index is 11.2. The van der Waals surface area contributed by atoms with Crippen LogP contribution in [0, 0.1) is 0 Å². The summed E-state index contributed by atoms with van der Waals surface area (Å²) in [5.74, 6) is -1.20. The Hall–Kier alpha value is -2.20. The molecule has 0 spiro atoms. The number of nitrogens with zero attached hydrogens (tertiary/aromatic N) is 1. The van der Waals surface area contributed by atoms with Gasteiger partial charge in [-0.05, 0) is 48.5 Å². The van der Waals surface area contributed by atoms with Gasteiger partial charge in [0.15, 0.2) is 0 Å². The quantitative estimate of drug-likeness (QED) is 0.115. The molecule has 0 atom stereocenters. The van der Waals surface area contributed by atoms with Gasteiger partial charge in [0.05, 0.1) is 0 Å². The van der Waals surface area contributed by atoms with Crippen molar-refractivity contribution in [2.45, 2.75) is 3.79 Å². The van der Waals surface area contributed by atoms with Gasteiger partial charge in [-0.2, -0.15) is 4.76 Å². The summed E-state index contributed by atoms with van der Waals surface area (Å²) in [4.78, 5) is 0. The van der Waals surface area contributed by atoms with Crippen LogP contribution in [0.5, 0.6) is 0 Å². The van der Waals surface area contributed by atoms with Gasteiger partial charge in [0.1, 0.15) is 28.5 Å². The lowest BCUT2D eigenvalue weighted by atomic mass is 10.3. The molecular weight excluding hydrogens is 583 g/mol. The van der Waals surface area contributed by atoms with Crippen molar-refractivity contribution in [3.05, 3.63) is 121 Å². The van der Waals surface area contributed by atoms with E-state index in [1.54, 1.807) is 0 Å². The molecule has 0 aliphatic heterocycles. The van der Waals surface area contributed by atoms with E-state index in [1.165, 1.54) is 21.2 Å². The Morgan fingerprint density at radius 2 is 0.921 bits per heavy atom. The lowest BCUT2D eigenvalue weighted by Gasteiger charge is -2.27. The average molecular weight is 609 g/mol. The van der Waals surface area contributed by atoms with Crippen molar-refractivity contribution in [3.63, 3.8) is 0 Å². The Labute approximate surface area is 238 Å². The summed E-state index contributed by atoms with van der Waals surface area (Å²) >= 11 is 15.5. The van der Waals surface area contributed by atoms with E-state index in [4.69, 9.17) is 34.8 Å². The summed E-state index contributed by atoms with van der Waals surface area (Å²) in [7, 11) is -3.61. The fourth-order valence-corrected chi connectivity index (χ4v) is 9.08. The van der Waals surface area contributed by atoms with Crippen LogP contribution < -0.4 is 26.3 Å². The van der Waals surface area contributed by atoms with Crippen LogP contribution in [0.3, 0.4) is 0 Å². The highest BCUT2D eigenvalue weighted by atomic mass is 35.6. The molecule has 0 N–H and O–H groups in total. The first-order valence-corrected chi connectivity index (χ1v) is 15.8. The van der Waals surface area contributed by atoms with Gasteiger partial charge >= 0.3 is 7.75 Å². The maximum Gasteiger partial charge on any atom is 0.452 e. The molecule has 5 nitrogen and oxygen atoms in total. The molecule has 198 valence electrons. The zero-order valence-corrected chi connectivity index (χ0v) is 24.7. The van der Waals surface area contributed by atoms with Crippen molar-refractivity contribution in [2.24, 2.45) is 4.76 Å². The molecule has 0 radical (unpaired) electrons. The highest BCUT2D eigenvalue weighted by Gasteiger charge is 2.47. The molecule has 38 heavy (non-hydrogen) atoms. The minimum atomic E-state index is -3.81. The van der Waals surface area contributed by atoms with Crippen LogP contribution in [0.15, 0.2) is 126 Å². The monoisotopic (exact) mass is 607 g/mol. The third-order valence-corrected chi connectivity index (χ3v) is 11.6. The lowest BCUT2D eigenvalue weighted by molar-refractivity contribution is -0.217. The predicted molar refractivity (Wildman–Crippen MR) is 161 cm³/mol. The topological polar surface area (TPSA) is 71.0 Å². The van der Waals surface area contributed by atoms with Crippen molar-refractivity contribution in [1.82, 2.24) is 0 Å². The van der Waals surface area contributed by atoms with Crippen molar-refractivity contribution in [3.8, 4) is 0 Å². The van der Waals surface area contributed by atoms with Crippen LogP contribution in [0.1, 0.15) is 0 Å². The predicted octanol–water partition coefficient (Wildman–Crippen LogP) is 5.82. The van der Waals surface area contributed by atoms with Gasteiger partial charge in [-0.3, -0.25) is 9.05 Å². The van der Waals surface area contributed by atoms with Crippen LogP contribution in [0.2, 0.25) is 0 Å². The zero-order valence-electron chi connectivity index (χ0n) is 20.7. The molecule has 4 rings (SSSR count). The van der Waals surface area contributed by atoms with E-state index in [1.807, 2.05) is 0 Å². The highest BCUT2D eigenvalue weighted by Crippen LogP contribution is 2.54. The van der Waals surface area contributed by atoms with E-state index in [-0.39, 0.29) is 0 Å². The Morgan fingerprint density at radius 3 is 1.13 bits per heavy atom. The molecule has 0 fully saturated rings. The Kier molecular flexibility index (Phi) is 11.0. The number of benzene rings is 4. The molecule has 0 bridgehead atoms. The van der Waals surface area contributed by atoms with Gasteiger partial charge in [0, 0.05) is 20.1 Å². The van der Waals surface area contributed by atoms with E-state index < -0.39 is 24.7 Å². The van der Waals surface area contributed by atoms with Gasteiger partial charge in [-0.15, -0.1) is 0 Å². The Balaban J connectivity index is 0.000000263. The maximum absolute atomic E-state index is 11.2. The van der Waals surface area contributed by atoms with Crippen molar-refractivity contribution in [1.29, 1.82) is 0 Å². The SMILES string of the molecule is COP(=O)(/N=C(\[O-])C(Cl)(Cl)Cl)OC.c1ccc([P+](c2ccccc2)(c2ccccc2)c2ccccc2)cc1. The molecule has 0 unspecified atom stereocenters. The first kappa shape index (κ1) is 30.3. The molecule has 0 saturated carbocycles. The van der Waals surface area contributed by atoms with Gasteiger partial charge in [0.25, 0.3) is 0 Å². The molecule has 10 heteroatoms. The minimum Gasteiger partial charge on any atom is -0.859 e. The molecule has 0 aliphatic carbocycles. The summed E-state index contributed by atoms with van der Waals surface area (Å²) in [6.45, 7) is 0. The standard InChI is InChI=1S/C24H20P.C4H7Cl3NO4P/c1-5-13-21(14-6-1)25(22-15-7-2-8-16-22,23-17-9-3-10-18-23)24-19-11-4-12-20-24;1-11-13(10,12-2)8-3(9)4(5,6)7/h1-20H;1-2H3,(H,8,9,10)/q+1;/p-1. The largest absolute Gasteiger partial charge is 0.859 e. The first-order valence-electron chi connectivity index (χ1n) is 11.3. The normalized spacial score (nSPS) is 12.4. The Morgan fingerprint density at radius 1 is 0.658 bits per heavy atom. The van der Waals surface area contributed by atoms with E-state index in [9.17, 15) is 9.67 Å². The first-order chi connectivity index (χ1) is 18.2. The fraction of sp³-hybridized carbons (Fsp3) is 0.107. The Bertz CT molecular complexity index is 1180. The third kappa shape index (κ3) is 7.25. The van der Waals surface area contributed by atoms with Crippen LogP contribution in [0.4, 0.5) is 0 Å². The molecule has 0 aromatic heterocycles. The molecule has 0 heterocycles. The van der Waals surface area contributed by atoms with Crippen LogP contribution in [-0.2, 0) is 13.6 Å². The second-order valence-electron chi connectivity index (χ2n) is 7.75. The van der Waals surface area contributed by atoms with E-state index in [0.29, 0.717) is 0 Å². The van der Waals surface area contributed by atoms with Crippen LogP contribution >= 0.6 is 49.8 Å². The molecular formula is C28H26Cl3NO4P2. The van der Waals surface area contributed by atoms with Crippen molar-refractivity contribution >= 4 is 76.9 Å². The number of hydrogen-bond acceptors (Lipinski definition) is 4. The smallest absolute Gasteiger partial charge is 0.452 e. The number of alkyl halides is 3. The van der Waals surface area contributed by atoms with Gasteiger partial charge in [-0.25, -0.2) is 4.57 Å². The van der Waals surface area contributed by atoms with E-state index >= 15 is 0 Å². The molecule has 0 aliphatic rings. The summed E-state index contributed by atoms with van der Waals surface area (Å²) in [6.07, 6.45) is 0. The minimum absolute atomic E-state index is 1.05. The van der Waals surface area contributed by atoms with Crippen LogP contribution in [0.25, 0.3) is 0 Å². The van der Waals surface area contributed by atoms with E-state index in [0.717, 1.165) is 14.2 Å². The van der Waals surface area contributed by atoms with Gasteiger partial charge < -0.3 is 5.11 Å². The average Bonchev–Trinajstić information content (AvgIpc) is 2.96. The number of hydrogen-bond donors (Lipinski definition) is 0. The highest BCUT2D eigenvalue weighted by molar-refractivity contribution is 8.01. The van der Waals surface area contributed by atoms with Gasteiger partial charge in [0.2, 0.25) is 3.79 Å². The molecule has 4 aromatic carbocycles. The second-order valence-corrected chi connectivity index (χ2v) is 15.3. The molecule has 0 saturated heterocycles. The van der Waals surface area contributed by atoms with Gasteiger partial charge in [-0.1, -0.05) is 108 Å². The summed E-state index contributed by atoms with van der Waals surface area (Å²) < 4.78 is 20.6. The molecule has 4 aromatic rings. The van der Waals surface area contributed by atoms with E-state index in [2.05, 4.69) is 135 Å². The molecule has 0 amide bonds. The number of rotatable bonds is 7. The third-order valence-electron chi connectivity index (χ3n) is 5.49. The summed E-state index contributed by atoms with van der Waals surface area (Å²) in [5.41, 5.74) is 0. The lowest BCUT2D eigenvalue weighted by Crippen LogP contribution is -2.38. The second kappa shape index (κ2) is 13.7. The summed E-state index contributed by atoms with van der Waals surface area (Å²) in [5, 5.41) is 16.5. The zero-order chi connectivity index (χ0) is 27.7. The van der Waals surface area contributed by atoms with Crippen molar-refractivity contribution < 1.29 is 18.7 Å².